The molecule has 0 bridgehead atoms. The molecule has 1 N–H and O–H groups in total. The van der Waals surface area contributed by atoms with Gasteiger partial charge in [0.25, 0.3) is 0 Å². The number of nitrogens with one attached hydrogen (secondary N) is 1. The van der Waals surface area contributed by atoms with E-state index in [-0.39, 0.29) is 17.2 Å². The van der Waals surface area contributed by atoms with Crippen LogP contribution in [0, 0.1) is 0 Å². The predicted octanol–water partition coefficient (Wildman–Crippen LogP) is 5.29. The van der Waals surface area contributed by atoms with Crippen molar-refractivity contribution >= 4 is 14.3 Å². The highest BCUT2D eigenvalue weighted by Gasteiger charge is 2.42. The monoisotopic (exact) mass is 440 g/mol. The Morgan fingerprint density at radius 1 is 1.16 bits per heavy atom. The summed E-state index contributed by atoms with van der Waals surface area (Å²) in [4.78, 5) is 15.8. The van der Waals surface area contributed by atoms with Crippen LogP contribution in [0.4, 0.5) is 0 Å². The minimum Gasteiger partial charge on any atom is -0.464 e. The number of methoxy groups -OCH3 is 1. The maximum atomic E-state index is 11.6. The van der Waals surface area contributed by atoms with E-state index in [2.05, 4.69) is 74.5 Å². The Morgan fingerprint density at radius 3 is 2.45 bits per heavy atom. The maximum absolute atomic E-state index is 11.6. The van der Waals surface area contributed by atoms with Crippen molar-refractivity contribution in [2.45, 2.75) is 76.4 Å². The molecule has 0 spiro atoms. The van der Waals surface area contributed by atoms with Crippen molar-refractivity contribution in [1.29, 1.82) is 0 Å². The fourth-order valence-corrected chi connectivity index (χ4v) is 5.11. The van der Waals surface area contributed by atoms with Crippen molar-refractivity contribution in [3.63, 3.8) is 0 Å². The number of carbonyl (C=O) groups excluding carboxylic acids is 1. The SMILES string of the molecule is COC(=O)c1ccc(C[C@@H]2CC[C@H]([C@H](O[Si](C)(C)C(C)(C)C)c3ccccc3)N2)cn1. The Balaban J connectivity index is 1.71. The molecule has 2 heterocycles. The molecule has 1 aliphatic rings. The van der Waals surface area contributed by atoms with E-state index in [9.17, 15) is 4.79 Å². The van der Waals surface area contributed by atoms with Crippen LogP contribution in [0.5, 0.6) is 0 Å². The predicted molar refractivity (Wildman–Crippen MR) is 127 cm³/mol. The second-order valence-electron chi connectivity index (χ2n) is 10.0. The lowest BCUT2D eigenvalue weighted by atomic mass is 10.0. The van der Waals surface area contributed by atoms with E-state index in [1.807, 2.05) is 6.07 Å². The summed E-state index contributed by atoms with van der Waals surface area (Å²) in [6.45, 7) is 11.5. The Bertz CT molecular complexity index is 863. The molecule has 1 aromatic carbocycles. The van der Waals surface area contributed by atoms with Gasteiger partial charge in [-0.3, -0.25) is 0 Å². The third-order valence-electron chi connectivity index (χ3n) is 6.70. The number of hydrogen-bond donors (Lipinski definition) is 1. The Kier molecular flexibility index (Phi) is 7.34. The average molecular weight is 441 g/mol. The van der Waals surface area contributed by atoms with E-state index in [4.69, 9.17) is 9.16 Å². The molecule has 31 heavy (non-hydrogen) atoms. The summed E-state index contributed by atoms with van der Waals surface area (Å²) in [5.41, 5.74) is 2.71. The van der Waals surface area contributed by atoms with Gasteiger partial charge in [0.15, 0.2) is 8.32 Å². The summed E-state index contributed by atoms with van der Waals surface area (Å²) in [5, 5.41) is 4.00. The van der Waals surface area contributed by atoms with Crippen LogP contribution in [-0.4, -0.2) is 38.5 Å². The van der Waals surface area contributed by atoms with Crippen molar-refractivity contribution < 1.29 is 14.0 Å². The van der Waals surface area contributed by atoms with E-state index in [0.717, 1.165) is 24.8 Å². The number of ether oxygens (including phenoxy) is 1. The summed E-state index contributed by atoms with van der Waals surface area (Å²) in [6, 6.07) is 15.0. The molecule has 0 unspecified atom stereocenters. The lowest BCUT2D eigenvalue weighted by Crippen LogP contribution is -2.46. The Hall–Kier alpha value is -2.02. The van der Waals surface area contributed by atoms with Gasteiger partial charge in [0.2, 0.25) is 0 Å². The van der Waals surface area contributed by atoms with Crippen molar-refractivity contribution in [2.75, 3.05) is 7.11 Å². The van der Waals surface area contributed by atoms with Crippen LogP contribution in [-0.2, 0) is 15.6 Å². The molecule has 1 saturated heterocycles. The molecule has 2 aromatic rings. The van der Waals surface area contributed by atoms with Gasteiger partial charge < -0.3 is 14.5 Å². The molecule has 1 aliphatic heterocycles. The van der Waals surface area contributed by atoms with Crippen molar-refractivity contribution in [1.82, 2.24) is 10.3 Å². The van der Waals surface area contributed by atoms with Gasteiger partial charge >= 0.3 is 5.97 Å². The third kappa shape index (κ3) is 5.82. The van der Waals surface area contributed by atoms with Gasteiger partial charge in [-0.1, -0.05) is 57.2 Å². The number of nitrogens with zero attached hydrogens (tertiary/aromatic N) is 1. The number of esters is 1. The molecular weight excluding hydrogens is 404 g/mol. The van der Waals surface area contributed by atoms with E-state index in [1.54, 1.807) is 12.3 Å². The standard InChI is InChI=1S/C25H36N2O3Si/c1-25(2,3)31(5,6)30-23(19-10-8-7-9-11-19)21-15-13-20(27-21)16-18-12-14-22(26-17-18)24(28)29-4/h7-12,14,17,20-21,23,27H,13,15-16H2,1-6H3/t20-,21+,23+/m0/s1. The smallest absolute Gasteiger partial charge is 0.356 e. The molecule has 0 radical (unpaired) electrons. The first-order valence-electron chi connectivity index (χ1n) is 11.1. The van der Waals surface area contributed by atoms with Crippen LogP contribution in [0.2, 0.25) is 18.1 Å². The first-order chi connectivity index (χ1) is 14.6. The normalized spacial score (nSPS) is 20.5. The first kappa shape index (κ1) is 23.6. The van der Waals surface area contributed by atoms with E-state index in [1.165, 1.54) is 12.7 Å². The van der Waals surface area contributed by atoms with Gasteiger partial charge in [0.1, 0.15) is 5.69 Å². The summed E-state index contributed by atoms with van der Waals surface area (Å²) in [6.07, 6.45) is 4.88. The van der Waals surface area contributed by atoms with E-state index < -0.39 is 14.3 Å². The molecular formula is C25H36N2O3Si. The molecule has 1 aromatic heterocycles. The number of hydrogen-bond acceptors (Lipinski definition) is 5. The van der Waals surface area contributed by atoms with E-state index >= 15 is 0 Å². The molecule has 0 amide bonds. The van der Waals surface area contributed by atoms with Crippen LogP contribution in [0.15, 0.2) is 48.7 Å². The molecule has 168 valence electrons. The van der Waals surface area contributed by atoms with E-state index in [0.29, 0.717) is 11.7 Å². The zero-order valence-corrected chi connectivity index (χ0v) is 20.6. The average Bonchev–Trinajstić information content (AvgIpc) is 3.20. The highest BCUT2D eigenvalue weighted by molar-refractivity contribution is 6.74. The molecule has 3 rings (SSSR count). The zero-order valence-electron chi connectivity index (χ0n) is 19.6. The zero-order chi connectivity index (χ0) is 22.6. The lowest BCUT2D eigenvalue weighted by Gasteiger charge is -2.41. The van der Waals surface area contributed by atoms with Gasteiger partial charge in [0.05, 0.1) is 13.2 Å². The maximum Gasteiger partial charge on any atom is 0.356 e. The highest BCUT2D eigenvalue weighted by Crippen LogP contribution is 2.41. The quantitative estimate of drug-likeness (QED) is 0.468. The second-order valence-corrected chi connectivity index (χ2v) is 14.8. The molecule has 5 nitrogen and oxygen atoms in total. The molecule has 0 saturated carbocycles. The third-order valence-corrected chi connectivity index (χ3v) is 11.2. The topological polar surface area (TPSA) is 60.5 Å². The van der Waals surface area contributed by atoms with Gasteiger partial charge in [-0.25, -0.2) is 9.78 Å². The molecule has 1 fully saturated rings. The largest absolute Gasteiger partial charge is 0.464 e. The summed E-state index contributed by atoms with van der Waals surface area (Å²) in [5.74, 6) is -0.404. The minimum atomic E-state index is -1.93. The fraction of sp³-hybridized carbons (Fsp3) is 0.520. The Labute approximate surface area is 187 Å². The van der Waals surface area contributed by atoms with Crippen LogP contribution in [0.1, 0.15) is 61.3 Å². The summed E-state index contributed by atoms with van der Waals surface area (Å²) >= 11 is 0. The number of benzene rings is 1. The number of pyridine rings is 1. The second kappa shape index (κ2) is 9.63. The summed E-state index contributed by atoms with van der Waals surface area (Å²) < 4.78 is 11.7. The number of carbonyl (C=O) groups is 1. The highest BCUT2D eigenvalue weighted by atomic mass is 28.4. The fourth-order valence-electron chi connectivity index (χ4n) is 3.82. The summed E-state index contributed by atoms with van der Waals surface area (Å²) in [7, 11) is -0.558. The first-order valence-corrected chi connectivity index (χ1v) is 14.0. The van der Waals surface area contributed by atoms with Crippen molar-refractivity contribution in [3.05, 3.63) is 65.5 Å². The van der Waals surface area contributed by atoms with Crippen LogP contribution in [0.3, 0.4) is 0 Å². The van der Waals surface area contributed by atoms with Gasteiger partial charge in [-0.15, -0.1) is 0 Å². The molecule has 0 aliphatic carbocycles. The lowest BCUT2D eigenvalue weighted by molar-refractivity contribution is 0.0594. The van der Waals surface area contributed by atoms with Gasteiger partial charge in [0, 0.05) is 18.3 Å². The van der Waals surface area contributed by atoms with Crippen LogP contribution >= 0.6 is 0 Å². The van der Waals surface area contributed by atoms with Crippen LogP contribution in [0.25, 0.3) is 0 Å². The van der Waals surface area contributed by atoms with Gasteiger partial charge in [-0.2, -0.15) is 0 Å². The Morgan fingerprint density at radius 2 is 1.87 bits per heavy atom. The number of aromatic nitrogens is 1. The van der Waals surface area contributed by atoms with Gasteiger partial charge in [-0.05, 0) is 54.6 Å². The number of rotatable bonds is 7. The molecule has 6 heteroatoms. The van der Waals surface area contributed by atoms with Crippen molar-refractivity contribution in [2.24, 2.45) is 0 Å². The van der Waals surface area contributed by atoms with Crippen molar-refractivity contribution in [3.8, 4) is 0 Å². The minimum absolute atomic E-state index is 0.0481. The van der Waals surface area contributed by atoms with Crippen LogP contribution < -0.4 is 5.32 Å². The molecule has 3 atom stereocenters.